The molecule has 1 N–H and O–H groups in total. The van der Waals surface area contributed by atoms with Gasteiger partial charge in [-0.25, -0.2) is 9.97 Å². The normalized spacial score (nSPS) is 19.1. The molecule has 1 aliphatic heterocycles. The summed E-state index contributed by atoms with van der Waals surface area (Å²) in [5, 5.41) is 3.29. The van der Waals surface area contributed by atoms with Gasteiger partial charge in [0.25, 0.3) is 0 Å². The predicted octanol–water partition coefficient (Wildman–Crippen LogP) is 2.02. The molecule has 1 aliphatic rings. The Kier molecular flexibility index (Phi) is 4.24. The number of piperidine rings is 1. The minimum Gasteiger partial charge on any atom is -0.384 e. The summed E-state index contributed by atoms with van der Waals surface area (Å²) < 4.78 is 7.36. The van der Waals surface area contributed by atoms with Crippen LogP contribution >= 0.6 is 0 Å². The smallest absolute Gasteiger partial charge is 0.180 e. The predicted molar refractivity (Wildman–Crippen MR) is 84.0 cm³/mol. The Balaban J connectivity index is 1.92. The molecular weight excluding hydrogens is 266 g/mol. The van der Waals surface area contributed by atoms with Crippen LogP contribution in [0.3, 0.4) is 0 Å². The Morgan fingerprint density at radius 2 is 2.38 bits per heavy atom. The molecule has 0 bridgehead atoms. The second-order valence-electron chi connectivity index (χ2n) is 5.55. The van der Waals surface area contributed by atoms with E-state index in [1.807, 2.05) is 23.0 Å². The van der Waals surface area contributed by atoms with Crippen molar-refractivity contribution in [1.29, 1.82) is 0 Å². The molecule has 0 amide bonds. The average molecular weight is 289 g/mol. The van der Waals surface area contributed by atoms with E-state index in [0.29, 0.717) is 5.92 Å². The molecular formula is C15H23N5O. The molecule has 6 nitrogen and oxygen atoms in total. The van der Waals surface area contributed by atoms with Gasteiger partial charge in [-0.2, -0.15) is 0 Å². The zero-order valence-corrected chi connectivity index (χ0v) is 12.7. The van der Waals surface area contributed by atoms with E-state index >= 15 is 0 Å². The maximum absolute atomic E-state index is 5.32. The molecule has 0 aliphatic carbocycles. The number of fused-ring (bicyclic) bond motifs is 1. The van der Waals surface area contributed by atoms with Gasteiger partial charge in [0.1, 0.15) is 5.82 Å². The standard InChI is InChI=1S/C15H23N5O/c1-3-16-13-10-20-8-6-17-14(20)15(18-13)19-7-4-5-12(9-19)11-21-2/h6,8,10,12,16H,3-5,7,9,11H2,1-2H3. The lowest BCUT2D eigenvalue weighted by Crippen LogP contribution is -2.38. The largest absolute Gasteiger partial charge is 0.384 e. The third-order valence-electron chi connectivity index (χ3n) is 3.94. The van der Waals surface area contributed by atoms with E-state index in [0.717, 1.165) is 43.5 Å². The van der Waals surface area contributed by atoms with Crippen LogP contribution in [0.25, 0.3) is 5.65 Å². The van der Waals surface area contributed by atoms with E-state index < -0.39 is 0 Å². The third kappa shape index (κ3) is 2.95. The van der Waals surface area contributed by atoms with Crippen LogP contribution in [-0.4, -0.2) is 47.7 Å². The maximum Gasteiger partial charge on any atom is 0.180 e. The van der Waals surface area contributed by atoms with Crippen LogP contribution in [-0.2, 0) is 4.74 Å². The molecule has 3 heterocycles. The van der Waals surface area contributed by atoms with Crippen molar-refractivity contribution in [2.24, 2.45) is 5.92 Å². The molecule has 1 atom stereocenters. The first-order valence-corrected chi connectivity index (χ1v) is 7.63. The number of nitrogens with one attached hydrogen (secondary N) is 1. The van der Waals surface area contributed by atoms with Gasteiger partial charge >= 0.3 is 0 Å². The van der Waals surface area contributed by atoms with Crippen LogP contribution in [0.15, 0.2) is 18.6 Å². The maximum atomic E-state index is 5.32. The summed E-state index contributed by atoms with van der Waals surface area (Å²) in [7, 11) is 1.77. The summed E-state index contributed by atoms with van der Waals surface area (Å²) in [5.74, 6) is 2.44. The molecule has 0 radical (unpaired) electrons. The molecule has 2 aromatic rings. The van der Waals surface area contributed by atoms with E-state index in [4.69, 9.17) is 9.72 Å². The summed E-state index contributed by atoms with van der Waals surface area (Å²) in [6.07, 6.45) is 8.19. The van der Waals surface area contributed by atoms with Crippen molar-refractivity contribution in [2.75, 3.05) is 43.6 Å². The van der Waals surface area contributed by atoms with Crippen LogP contribution < -0.4 is 10.2 Å². The monoisotopic (exact) mass is 289 g/mol. The molecule has 1 saturated heterocycles. The van der Waals surface area contributed by atoms with Gasteiger partial charge in [0.2, 0.25) is 0 Å². The highest BCUT2D eigenvalue weighted by Gasteiger charge is 2.23. The topological polar surface area (TPSA) is 54.7 Å². The Labute approximate surface area is 125 Å². The van der Waals surface area contributed by atoms with Gasteiger partial charge in [0, 0.05) is 39.1 Å². The van der Waals surface area contributed by atoms with Crippen LogP contribution in [0.2, 0.25) is 0 Å². The van der Waals surface area contributed by atoms with Gasteiger partial charge in [0.15, 0.2) is 11.5 Å². The van der Waals surface area contributed by atoms with Crippen LogP contribution in [0, 0.1) is 5.92 Å². The average Bonchev–Trinajstić information content (AvgIpc) is 2.96. The number of hydrogen-bond donors (Lipinski definition) is 1. The van der Waals surface area contributed by atoms with Gasteiger partial charge < -0.3 is 19.4 Å². The molecule has 0 saturated carbocycles. The highest BCUT2D eigenvalue weighted by Crippen LogP contribution is 2.26. The van der Waals surface area contributed by atoms with Crippen LogP contribution in [0.4, 0.5) is 11.6 Å². The van der Waals surface area contributed by atoms with Crippen molar-refractivity contribution in [2.45, 2.75) is 19.8 Å². The first kappa shape index (κ1) is 14.1. The molecule has 114 valence electrons. The fourth-order valence-corrected chi connectivity index (χ4v) is 3.02. The van der Waals surface area contributed by atoms with Crippen LogP contribution in [0.1, 0.15) is 19.8 Å². The number of anilines is 2. The summed E-state index contributed by atoms with van der Waals surface area (Å²) >= 11 is 0. The lowest BCUT2D eigenvalue weighted by Gasteiger charge is -2.33. The van der Waals surface area contributed by atoms with E-state index in [1.165, 1.54) is 12.8 Å². The number of imidazole rings is 1. The van der Waals surface area contributed by atoms with Gasteiger partial charge in [-0.1, -0.05) is 0 Å². The Morgan fingerprint density at radius 1 is 1.48 bits per heavy atom. The van der Waals surface area contributed by atoms with Crippen molar-refractivity contribution >= 4 is 17.3 Å². The number of methoxy groups -OCH3 is 1. The van der Waals surface area contributed by atoms with Crippen molar-refractivity contribution in [3.8, 4) is 0 Å². The highest BCUT2D eigenvalue weighted by atomic mass is 16.5. The van der Waals surface area contributed by atoms with E-state index in [-0.39, 0.29) is 0 Å². The lowest BCUT2D eigenvalue weighted by atomic mass is 9.99. The van der Waals surface area contributed by atoms with Gasteiger partial charge in [-0.05, 0) is 25.7 Å². The van der Waals surface area contributed by atoms with Crippen molar-refractivity contribution < 1.29 is 4.74 Å². The Hall–Kier alpha value is -1.82. The van der Waals surface area contributed by atoms with Crippen molar-refractivity contribution in [3.63, 3.8) is 0 Å². The van der Waals surface area contributed by atoms with E-state index in [2.05, 4.69) is 22.1 Å². The molecule has 2 aromatic heterocycles. The molecule has 0 spiro atoms. The Bertz CT molecular complexity index is 595. The molecule has 1 fully saturated rings. The zero-order valence-electron chi connectivity index (χ0n) is 12.7. The molecule has 0 aromatic carbocycles. The summed E-state index contributed by atoms with van der Waals surface area (Å²) in [6, 6.07) is 0. The van der Waals surface area contributed by atoms with Gasteiger partial charge in [-0.3, -0.25) is 0 Å². The summed E-state index contributed by atoms with van der Waals surface area (Å²) in [5.41, 5.74) is 0.926. The number of nitrogens with zero attached hydrogens (tertiary/aromatic N) is 4. The summed E-state index contributed by atoms with van der Waals surface area (Å²) in [6.45, 7) is 5.77. The zero-order chi connectivity index (χ0) is 14.7. The highest BCUT2D eigenvalue weighted by molar-refractivity contribution is 5.67. The fraction of sp³-hybridized carbons (Fsp3) is 0.600. The SMILES string of the molecule is CCNc1cn2ccnc2c(N2CCCC(COC)C2)n1. The first-order chi connectivity index (χ1) is 10.3. The quantitative estimate of drug-likeness (QED) is 0.912. The minimum absolute atomic E-state index is 0.573. The molecule has 3 rings (SSSR count). The molecule has 1 unspecified atom stereocenters. The fourth-order valence-electron chi connectivity index (χ4n) is 3.02. The number of rotatable bonds is 5. The minimum atomic E-state index is 0.573. The van der Waals surface area contributed by atoms with Crippen molar-refractivity contribution in [1.82, 2.24) is 14.4 Å². The number of ether oxygens (including phenoxy) is 1. The van der Waals surface area contributed by atoms with E-state index in [9.17, 15) is 0 Å². The van der Waals surface area contributed by atoms with Gasteiger partial charge in [-0.15, -0.1) is 0 Å². The Morgan fingerprint density at radius 3 is 3.19 bits per heavy atom. The second-order valence-corrected chi connectivity index (χ2v) is 5.55. The molecule has 6 heteroatoms. The van der Waals surface area contributed by atoms with Crippen LogP contribution in [0.5, 0.6) is 0 Å². The number of hydrogen-bond acceptors (Lipinski definition) is 5. The second kappa shape index (κ2) is 6.30. The summed E-state index contributed by atoms with van der Waals surface area (Å²) in [4.78, 5) is 11.6. The molecule has 21 heavy (non-hydrogen) atoms. The third-order valence-corrected chi connectivity index (χ3v) is 3.94. The first-order valence-electron chi connectivity index (χ1n) is 7.63. The van der Waals surface area contributed by atoms with Crippen molar-refractivity contribution in [3.05, 3.63) is 18.6 Å². The van der Waals surface area contributed by atoms with E-state index in [1.54, 1.807) is 7.11 Å². The number of aromatic nitrogens is 3. The lowest BCUT2D eigenvalue weighted by molar-refractivity contribution is 0.143. The van der Waals surface area contributed by atoms with Gasteiger partial charge in [0.05, 0.1) is 12.8 Å².